The van der Waals surface area contributed by atoms with E-state index in [-0.39, 0.29) is 0 Å². The predicted molar refractivity (Wildman–Crippen MR) is 118 cm³/mol. The summed E-state index contributed by atoms with van der Waals surface area (Å²) in [5, 5.41) is 1.66. The summed E-state index contributed by atoms with van der Waals surface area (Å²) >= 11 is 1.51. The quantitative estimate of drug-likeness (QED) is 0.535. The number of carbonyl (C=O) groups is 1. The van der Waals surface area contributed by atoms with Crippen LogP contribution >= 0.6 is 11.3 Å². The molecule has 0 aromatic carbocycles. The van der Waals surface area contributed by atoms with Crippen molar-refractivity contribution in [2.24, 2.45) is 5.92 Å². The predicted octanol–water partition coefficient (Wildman–Crippen LogP) is 3.17. The lowest BCUT2D eigenvalue weighted by atomic mass is 10.2. The molecular formula is C21H24N6O2S. The topological polar surface area (TPSA) is 84.3 Å². The Morgan fingerprint density at radius 1 is 1.13 bits per heavy atom. The summed E-state index contributed by atoms with van der Waals surface area (Å²) < 4.78 is 5.72. The lowest BCUT2D eigenvalue weighted by Gasteiger charge is -2.35. The Hall–Kier alpha value is -3.07. The lowest BCUT2D eigenvalue weighted by Crippen LogP contribution is -2.46. The van der Waals surface area contributed by atoms with E-state index in [2.05, 4.69) is 43.6 Å². The van der Waals surface area contributed by atoms with Gasteiger partial charge in [0.2, 0.25) is 5.88 Å². The van der Waals surface area contributed by atoms with Gasteiger partial charge in [-0.15, -0.1) is 0 Å². The van der Waals surface area contributed by atoms with Crippen LogP contribution in [0.25, 0.3) is 10.7 Å². The second kappa shape index (κ2) is 9.17. The summed E-state index contributed by atoms with van der Waals surface area (Å²) in [6.07, 6.45) is 4.11. The number of rotatable bonds is 7. The Morgan fingerprint density at radius 2 is 1.93 bits per heavy atom. The standard InChI is InChI=1S/C21H24N6O2S/c1-15(2)13-29-19-11-18(23-14-24-19)26-7-9-27(10-8-26)21-17(12-28)25-20(30-21)16-5-3-4-6-22-16/h3-6,11-12,14-15H,7-10,13H2,1-2H3. The number of nitrogens with zero attached hydrogens (tertiary/aromatic N) is 6. The van der Waals surface area contributed by atoms with Crippen LogP contribution in [-0.2, 0) is 0 Å². The molecule has 0 aliphatic carbocycles. The smallest absolute Gasteiger partial charge is 0.218 e. The van der Waals surface area contributed by atoms with Crippen molar-refractivity contribution in [2.75, 3.05) is 42.6 Å². The molecule has 1 fully saturated rings. The SMILES string of the molecule is CC(C)COc1cc(N2CCN(c3sc(-c4ccccn4)nc3C=O)CC2)ncn1. The minimum Gasteiger partial charge on any atom is -0.477 e. The maximum Gasteiger partial charge on any atom is 0.218 e. The van der Waals surface area contributed by atoms with E-state index in [1.165, 1.54) is 11.3 Å². The normalized spacial score (nSPS) is 14.2. The van der Waals surface area contributed by atoms with Gasteiger partial charge in [-0.25, -0.2) is 15.0 Å². The maximum atomic E-state index is 11.6. The highest BCUT2D eigenvalue weighted by atomic mass is 32.1. The van der Waals surface area contributed by atoms with Gasteiger partial charge in [-0.05, 0) is 18.1 Å². The molecule has 156 valence electrons. The van der Waals surface area contributed by atoms with E-state index in [1.54, 1.807) is 12.5 Å². The van der Waals surface area contributed by atoms with Crippen LogP contribution in [0.5, 0.6) is 5.88 Å². The molecule has 0 amide bonds. The zero-order chi connectivity index (χ0) is 20.9. The fourth-order valence-corrected chi connectivity index (χ4v) is 4.26. The van der Waals surface area contributed by atoms with E-state index in [0.717, 1.165) is 54.0 Å². The van der Waals surface area contributed by atoms with Crippen LogP contribution < -0.4 is 14.5 Å². The van der Waals surface area contributed by atoms with Gasteiger partial charge in [0.05, 0.1) is 12.3 Å². The first-order valence-electron chi connectivity index (χ1n) is 9.96. The van der Waals surface area contributed by atoms with Crippen LogP contribution in [0.1, 0.15) is 24.3 Å². The van der Waals surface area contributed by atoms with Crippen LogP contribution in [0.4, 0.5) is 10.8 Å². The average Bonchev–Trinajstić information content (AvgIpc) is 3.23. The number of hydrogen-bond donors (Lipinski definition) is 0. The Balaban J connectivity index is 1.44. The van der Waals surface area contributed by atoms with Crippen LogP contribution in [0.2, 0.25) is 0 Å². The van der Waals surface area contributed by atoms with Crippen molar-refractivity contribution in [3.05, 3.63) is 42.5 Å². The van der Waals surface area contributed by atoms with Gasteiger partial charge in [-0.1, -0.05) is 31.3 Å². The van der Waals surface area contributed by atoms with Gasteiger partial charge in [-0.3, -0.25) is 9.78 Å². The van der Waals surface area contributed by atoms with Gasteiger partial charge in [0.1, 0.15) is 27.8 Å². The van der Waals surface area contributed by atoms with E-state index in [9.17, 15) is 4.79 Å². The van der Waals surface area contributed by atoms with Crippen LogP contribution in [0, 0.1) is 5.92 Å². The van der Waals surface area contributed by atoms with Crippen molar-refractivity contribution in [1.29, 1.82) is 0 Å². The highest BCUT2D eigenvalue weighted by Gasteiger charge is 2.24. The van der Waals surface area contributed by atoms with E-state index >= 15 is 0 Å². The third-order valence-corrected chi connectivity index (χ3v) is 5.87. The second-order valence-electron chi connectivity index (χ2n) is 7.44. The van der Waals surface area contributed by atoms with E-state index in [0.29, 0.717) is 24.1 Å². The number of pyridine rings is 1. The minimum absolute atomic E-state index is 0.439. The lowest BCUT2D eigenvalue weighted by molar-refractivity contribution is 0.112. The molecule has 4 heterocycles. The molecule has 0 radical (unpaired) electrons. The molecule has 0 atom stereocenters. The highest BCUT2D eigenvalue weighted by Crippen LogP contribution is 2.34. The molecule has 1 aliphatic heterocycles. The van der Waals surface area contributed by atoms with Gasteiger partial charge < -0.3 is 14.5 Å². The molecule has 9 heteroatoms. The van der Waals surface area contributed by atoms with Gasteiger partial charge in [0.25, 0.3) is 0 Å². The first-order valence-corrected chi connectivity index (χ1v) is 10.8. The summed E-state index contributed by atoms with van der Waals surface area (Å²) in [6.45, 7) is 7.96. The fourth-order valence-electron chi connectivity index (χ4n) is 3.20. The molecule has 0 N–H and O–H groups in total. The van der Waals surface area contributed by atoms with Crippen molar-refractivity contribution in [3.63, 3.8) is 0 Å². The molecule has 0 saturated carbocycles. The summed E-state index contributed by atoms with van der Waals surface area (Å²) in [6, 6.07) is 7.58. The third-order valence-electron chi connectivity index (χ3n) is 4.71. The minimum atomic E-state index is 0.439. The first kappa shape index (κ1) is 20.2. The number of anilines is 2. The highest BCUT2D eigenvalue weighted by molar-refractivity contribution is 7.19. The number of thiazole rings is 1. The summed E-state index contributed by atoms with van der Waals surface area (Å²) in [4.78, 5) is 33.5. The van der Waals surface area contributed by atoms with E-state index in [4.69, 9.17) is 4.74 Å². The van der Waals surface area contributed by atoms with Crippen molar-refractivity contribution in [2.45, 2.75) is 13.8 Å². The number of ether oxygens (including phenoxy) is 1. The first-order chi connectivity index (χ1) is 14.6. The molecule has 0 bridgehead atoms. The van der Waals surface area contributed by atoms with E-state index < -0.39 is 0 Å². The zero-order valence-corrected chi connectivity index (χ0v) is 17.9. The molecule has 30 heavy (non-hydrogen) atoms. The Labute approximate surface area is 179 Å². The third kappa shape index (κ3) is 4.56. The molecule has 3 aromatic rings. The number of piperazine rings is 1. The van der Waals surface area contributed by atoms with Crippen LogP contribution in [0.15, 0.2) is 36.8 Å². The van der Waals surface area contributed by atoms with Gasteiger partial charge in [0, 0.05) is 38.4 Å². The molecule has 1 aliphatic rings. The van der Waals surface area contributed by atoms with E-state index in [1.807, 2.05) is 24.3 Å². The Bertz CT molecular complexity index is 986. The molecule has 0 spiro atoms. The van der Waals surface area contributed by atoms with Crippen molar-refractivity contribution in [3.8, 4) is 16.6 Å². The van der Waals surface area contributed by atoms with Gasteiger partial charge in [0.15, 0.2) is 6.29 Å². The molecule has 8 nitrogen and oxygen atoms in total. The zero-order valence-electron chi connectivity index (χ0n) is 17.1. The molecule has 4 rings (SSSR count). The van der Waals surface area contributed by atoms with Gasteiger partial charge in [-0.2, -0.15) is 0 Å². The number of aldehydes is 1. The van der Waals surface area contributed by atoms with Crippen molar-refractivity contribution in [1.82, 2.24) is 19.9 Å². The van der Waals surface area contributed by atoms with Crippen molar-refractivity contribution >= 4 is 28.4 Å². The molecule has 0 unspecified atom stereocenters. The number of carbonyl (C=O) groups excluding carboxylic acids is 1. The second-order valence-corrected chi connectivity index (χ2v) is 8.41. The Morgan fingerprint density at radius 3 is 2.63 bits per heavy atom. The summed E-state index contributed by atoms with van der Waals surface area (Å²) in [5.74, 6) is 1.90. The molecule has 3 aromatic heterocycles. The number of aromatic nitrogens is 4. The van der Waals surface area contributed by atoms with Crippen LogP contribution in [-0.4, -0.2) is 59.0 Å². The summed E-state index contributed by atoms with van der Waals surface area (Å²) in [7, 11) is 0. The Kier molecular flexibility index (Phi) is 6.18. The van der Waals surface area contributed by atoms with Crippen molar-refractivity contribution < 1.29 is 9.53 Å². The average molecular weight is 425 g/mol. The fraction of sp³-hybridized carbons (Fsp3) is 0.381. The largest absolute Gasteiger partial charge is 0.477 e. The van der Waals surface area contributed by atoms with Crippen LogP contribution in [0.3, 0.4) is 0 Å². The van der Waals surface area contributed by atoms with Gasteiger partial charge >= 0.3 is 0 Å². The monoisotopic (exact) mass is 424 g/mol. The number of hydrogen-bond acceptors (Lipinski definition) is 9. The molecular weight excluding hydrogens is 400 g/mol. The maximum absolute atomic E-state index is 11.6. The summed E-state index contributed by atoms with van der Waals surface area (Å²) in [5.41, 5.74) is 1.26. The molecule has 1 saturated heterocycles.